The van der Waals surface area contributed by atoms with Gasteiger partial charge in [0, 0.05) is 24.3 Å². The SMILES string of the molecule is CCNC(=O)c1ccc(OC(=O)[C@H]2CS[C@]3(C)CCC(=O)N23)cc1. The quantitative estimate of drug-likeness (QED) is 0.663. The van der Waals surface area contributed by atoms with Gasteiger partial charge in [0.05, 0.1) is 4.87 Å². The van der Waals surface area contributed by atoms with Crippen LogP contribution in [0.2, 0.25) is 0 Å². The van der Waals surface area contributed by atoms with Crippen molar-refractivity contribution in [2.75, 3.05) is 12.3 Å². The molecule has 2 aliphatic rings. The van der Waals surface area contributed by atoms with E-state index >= 15 is 0 Å². The zero-order valence-electron chi connectivity index (χ0n) is 13.7. The molecule has 7 heteroatoms. The first-order chi connectivity index (χ1) is 11.4. The molecule has 0 bridgehead atoms. The van der Waals surface area contributed by atoms with Gasteiger partial charge in [0.2, 0.25) is 5.91 Å². The summed E-state index contributed by atoms with van der Waals surface area (Å²) in [5.74, 6) is 0.348. The van der Waals surface area contributed by atoms with E-state index in [0.717, 1.165) is 6.42 Å². The number of carbonyl (C=O) groups excluding carboxylic acids is 3. The zero-order valence-corrected chi connectivity index (χ0v) is 14.5. The highest BCUT2D eigenvalue weighted by molar-refractivity contribution is 8.01. The molecule has 0 unspecified atom stereocenters. The molecule has 1 aromatic carbocycles. The Kier molecular flexibility index (Phi) is 4.54. The Hall–Kier alpha value is -2.02. The maximum atomic E-state index is 12.5. The summed E-state index contributed by atoms with van der Waals surface area (Å²) in [5.41, 5.74) is 0.510. The van der Waals surface area contributed by atoms with Gasteiger partial charge in [-0.3, -0.25) is 9.59 Å². The predicted octanol–water partition coefficient (Wildman–Crippen LogP) is 1.80. The fourth-order valence-corrected chi connectivity index (χ4v) is 4.53. The Morgan fingerprint density at radius 3 is 2.75 bits per heavy atom. The number of nitrogens with zero attached hydrogens (tertiary/aromatic N) is 1. The Bertz CT molecular complexity index is 676. The average molecular weight is 348 g/mol. The summed E-state index contributed by atoms with van der Waals surface area (Å²) in [7, 11) is 0. The monoisotopic (exact) mass is 348 g/mol. The zero-order chi connectivity index (χ0) is 17.3. The highest BCUT2D eigenvalue weighted by Gasteiger charge is 2.53. The molecule has 24 heavy (non-hydrogen) atoms. The van der Waals surface area contributed by atoms with Gasteiger partial charge in [0.1, 0.15) is 11.8 Å². The van der Waals surface area contributed by atoms with Gasteiger partial charge in [0.15, 0.2) is 0 Å². The standard InChI is InChI=1S/C17H20N2O4S/c1-3-18-15(21)11-4-6-12(7-5-11)23-16(22)13-10-24-17(2)9-8-14(20)19(13)17/h4-7,13H,3,8-10H2,1-2H3,(H,18,21)/t13-,17-/m1/s1. The van der Waals surface area contributed by atoms with Gasteiger partial charge in [-0.05, 0) is 44.5 Å². The lowest BCUT2D eigenvalue weighted by atomic mass is 10.2. The summed E-state index contributed by atoms with van der Waals surface area (Å²) in [5, 5.41) is 2.71. The van der Waals surface area contributed by atoms with Crippen LogP contribution in [0.1, 0.15) is 37.0 Å². The minimum absolute atomic E-state index is 0.0102. The van der Waals surface area contributed by atoms with Crippen molar-refractivity contribution in [3.63, 3.8) is 0 Å². The fourth-order valence-electron chi connectivity index (χ4n) is 3.12. The summed E-state index contributed by atoms with van der Waals surface area (Å²) < 4.78 is 5.42. The lowest BCUT2D eigenvalue weighted by molar-refractivity contribution is -0.146. The third-order valence-electron chi connectivity index (χ3n) is 4.39. The highest BCUT2D eigenvalue weighted by Crippen LogP contribution is 2.47. The maximum absolute atomic E-state index is 12.5. The number of thioether (sulfide) groups is 1. The van der Waals surface area contributed by atoms with E-state index in [2.05, 4.69) is 5.32 Å². The highest BCUT2D eigenvalue weighted by atomic mass is 32.2. The summed E-state index contributed by atoms with van der Waals surface area (Å²) in [4.78, 5) is 37.6. The molecule has 2 atom stereocenters. The lowest BCUT2D eigenvalue weighted by Crippen LogP contribution is -2.47. The molecule has 0 radical (unpaired) electrons. The van der Waals surface area contributed by atoms with Gasteiger partial charge in [-0.25, -0.2) is 4.79 Å². The largest absolute Gasteiger partial charge is 0.425 e. The second kappa shape index (κ2) is 6.47. The van der Waals surface area contributed by atoms with Gasteiger partial charge in [-0.15, -0.1) is 11.8 Å². The molecule has 0 saturated carbocycles. The first kappa shape index (κ1) is 16.8. The van der Waals surface area contributed by atoms with Gasteiger partial charge in [0.25, 0.3) is 5.91 Å². The third kappa shape index (κ3) is 3.00. The van der Waals surface area contributed by atoms with Crippen molar-refractivity contribution in [3.05, 3.63) is 29.8 Å². The summed E-state index contributed by atoms with van der Waals surface area (Å²) >= 11 is 1.63. The number of hydrogen-bond donors (Lipinski definition) is 1. The van der Waals surface area contributed by atoms with E-state index in [1.807, 2.05) is 13.8 Å². The summed E-state index contributed by atoms with van der Waals surface area (Å²) in [6.07, 6.45) is 1.25. The van der Waals surface area contributed by atoms with E-state index in [-0.39, 0.29) is 16.7 Å². The minimum atomic E-state index is -0.543. The van der Waals surface area contributed by atoms with Crippen LogP contribution in [0.5, 0.6) is 5.75 Å². The Balaban J connectivity index is 1.67. The second-order valence-electron chi connectivity index (χ2n) is 6.07. The van der Waals surface area contributed by atoms with Crippen molar-refractivity contribution in [2.24, 2.45) is 0 Å². The number of rotatable bonds is 4. The molecule has 6 nitrogen and oxygen atoms in total. The van der Waals surface area contributed by atoms with Crippen LogP contribution >= 0.6 is 11.8 Å². The number of carbonyl (C=O) groups is 3. The van der Waals surface area contributed by atoms with Crippen LogP contribution < -0.4 is 10.1 Å². The van der Waals surface area contributed by atoms with E-state index in [0.29, 0.717) is 30.0 Å². The number of ether oxygens (including phenoxy) is 1. The van der Waals surface area contributed by atoms with Crippen LogP contribution in [-0.4, -0.2) is 45.9 Å². The number of fused-ring (bicyclic) bond motifs is 1. The Morgan fingerprint density at radius 2 is 2.08 bits per heavy atom. The first-order valence-electron chi connectivity index (χ1n) is 8.00. The molecule has 0 aromatic heterocycles. The molecule has 128 valence electrons. The van der Waals surface area contributed by atoms with Crippen LogP contribution in [0.4, 0.5) is 0 Å². The van der Waals surface area contributed by atoms with Gasteiger partial charge < -0.3 is 15.0 Å². The number of esters is 1. The van der Waals surface area contributed by atoms with Gasteiger partial charge in [-0.2, -0.15) is 0 Å². The number of benzene rings is 1. The predicted molar refractivity (Wildman–Crippen MR) is 90.8 cm³/mol. The van der Waals surface area contributed by atoms with Crippen molar-refractivity contribution >= 4 is 29.5 Å². The number of amides is 2. The molecule has 2 heterocycles. The molecular weight excluding hydrogens is 328 g/mol. The van der Waals surface area contributed by atoms with Crippen molar-refractivity contribution in [1.82, 2.24) is 10.2 Å². The lowest BCUT2D eigenvalue weighted by Gasteiger charge is -2.29. The molecule has 2 fully saturated rings. The van der Waals surface area contributed by atoms with E-state index in [4.69, 9.17) is 4.74 Å². The van der Waals surface area contributed by atoms with Gasteiger partial charge >= 0.3 is 5.97 Å². The molecule has 1 aromatic rings. The first-order valence-corrected chi connectivity index (χ1v) is 8.99. The Labute approximate surface area is 144 Å². The topological polar surface area (TPSA) is 75.7 Å². The van der Waals surface area contributed by atoms with Crippen molar-refractivity contribution in [2.45, 2.75) is 37.6 Å². The summed E-state index contributed by atoms with van der Waals surface area (Å²) in [6, 6.07) is 5.87. The maximum Gasteiger partial charge on any atom is 0.335 e. The molecule has 3 rings (SSSR count). The molecule has 2 aliphatic heterocycles. The normalized spacial score (nSPS) is 25.5. The van der Waals surface area contributed by atoms with Crippen LogP contribution in [0.25, 0.3) is 0 Å². The van der Waals surface area contributed by atoms with Crippen LogP contribution in [-0.2, 0) is 9.59 Å². The van der Waals surface area contributed by atoms with Crippen molar-refractivity contribution < 1.29 is 19.1 Å². The van der Waals surface area contributed by atoms with Crippen LogP contribution in [0.15, 0.2) is 24.3 Å². The van der Waals surface area contributed by atoms with Crippen molar-refractivity contribution in [1.29, 1.82) is 0 Å². The average Bonchev–Trinajstić information content (AvgIpc) is 3.05. The molecule has 0 aliphatic carbocycles. The summed E-state index contributed by atoms with van der Waals surface area (Å²) in [6.45, 7) is 4.40. The minimum Gasteiger partial charge on any atom is -0.425 e. The molecule has 2 amide bonds. The Morgan fingerprint density at radius 1 is 1.38 bits per heavy atom. The van der Waals surface area contributed by atoms with Crippen LogP contribution in [0.3, 0.4) is 0 Å². The number of nitrogens with one attached hydrogen (secondary N) is 1. The molecular formula is C17H20N2O4S. The van der Waals surface area contributed by atoms with Gasteiger partial charge in [-0.1, -0.05) is 0 Å². The fraction of sp³-hybridized carbons (Fsp3) is 0.471. The molecule has 0 spiro atoms. The van der Waals surface area contributed by atoms with E-state index < -0.39 is 12.0 Å². The molecule has 1 N–H and O–H groups in total. The van der Waals surface area contributed by atoms with E-state index in [1.165, 1.54) is 0 Å². The van der Waals surface area contributed by atoms with E-state index in [1.54, 1.807) is 40.9 Å². The molecule has 2 saturated heterocycles. The van der Waals surface area contributed by atoms with E-state index in [9.17, 15) is 14.4 Å². The van der Waals surface area contributed by atoms with Crippen molar-refractivity contribution in [3.8, 4) is 5.75 Å². The second-order valence-corrected chi connectivity index (χ2v) is 7.57. The van der Waals surface area contributed by atoms with Crippen LogP contribution in [0, 0.1) is 0 Å². The third-order valence-corrected chi connectivity index (χ3v) is 5.89. The smallest absolute Gasteiger partial charge is 0.335 e. The number of hydrogen-bond acceptors (Lipinski definition) is 5.